The molecule has 0 saturated carbocycles. The van der Waals surface area contributed by atoms with E-state index in [-0.39, 0.29) is 18.4 Å². The van der Waals surface area contributed by atoms with Crippen LogP contribution < -0.4 is 5.73 Å². The molecule has 0 aliphatic heterocycles. The average Bonchev–Trinajstić information content (AvgIpc) is 1.88. The van der Waals surface area contributed by atoms with Gasteiger partial charge < -0.3 is 10.8 Å². The van der Waals surface area contributed by atoms with E-state index in [4.69, 9.17) is 15.4 Å². The lowest BCUT2D eigenvalue weighted by molar-refractivity contribution is 0.273. The van der Waals surface area contributed by atoms with Gasteiger partial charge in [0.05, 0.1) is 12.4 Å². The smallest absolute Gasteiger partial charge is 0.264 e. The van der Waals surface area contributed by atoms with Crippen LogP contribution in [0.4, 0.5) is 0 Å². The molecule has 6 heteroatoms. The van der Waals surface area contributed by atoms with Crippen molar-refractivity contribution in [1.82, 2.24) is 0 Å². The SMILES string of the molecule is CC(N)CO.CCS(=O)(=O)O. The molecule has 0 spiro atoms. The highest BCUT2D eigenvalue weighted by atomic mass is 32.2. The number of aliphatic hydroxyl groups is 1. The molecule has 0 heterocycles. The molecule has 5 nitrogen and oxygen atoms in total. The Balaban J connectivity index is 0. The number of hydrogen-bond donors (Lipinski definition) is 3. The van der Waals surface area contributed by atoms with Crippen molar-refractivity contribution in [2.45, 2.75) is 19.9 Å². The molecule has 0 radical (unpaired) electrons. The minimum atomic E-state index is -3.66. The fourth-order valence-electron chi connectivity index (χ4n) is 0. The number of hydrogen-bond acceptors (Lipinski definition) is 4. The maximum atomic E-state index is 9.56. The highest BCUT2D eigenvalue weighted by molar-refractivity contribution is 7.85. The van der Waals surface area contributed by atoms with Gasteiger partial charge in [-0.25, -0.2) is 0 Å². The van der Waals surface area contributed by atoms with Gasteiger partial charge in [0.25, 0.3) is 10.1 Å². The van der Waals surface area contributed by atoms with Crippen molar-refractivity contribution in [2.24, 2.45) is 5.73 Å². The Morgan fingerprint density at radius 1 is 1.55 bits per heavy atom. The van der Waals surface area contributed by atoms with Crippen LogP contribution in [-0.2, 0) is 10.1 Å². The summed E-state index contributed by atoms with van der Waals surface area (Å²) < 4.78 is 26.9. The molecule has 11 heavy (non-hydrogen) atoms. The molecule has 0 rings (SSSR count). The van der Waals surface area contributed by atoms with Crippen molar-refractivity contribution in [1.29, 1.82) is 0 Å². The van der Waals surface area contributed by atoms with Crippen LogP contribution in [0.3, 0.4) is 0 Å². The first-order chi connectivity index (χ1) is 4.83. The van der Waals surface area contributed by atoms with Crippen LogP contribution in [0.5, 0.6) is 0 Å². The topological polar surface area (TPSA) is 101 Å². The van der Waals surface area contributed by atoms with Crippen LogP contribution in [0.25, 0.3) is 0 Å². The van der Waals surface area contributed by atoms with Gasteiger partial charge in [-0.15, -0.1) is 0 Å². The zero-order chi connectivity index (χ0) is 9.49. The molecule has 0 amide bonds. The summed E-state index contributed by atoms with van der Waals surface area (Å²) in [4.78, 5) is 0. The molecule has 0 aliphatic rings. The Labute approximate surface area is 67.0 Å². The van der Waals surface area contributed by atoms with Crippen molar-refractivity contribution in [2.75, 3.05) is 12.4 Å². The Kier molecular flexibility index (Phi) is 7.97. The van der Waals surface area contributed by atoms with E-state index in [1.807, 2.05) is 0 Å². The lowest BCUT2D eigenvalue weighted by Gasteiger charge is -1.91. The first-order valence-corrected chi connectivity index (χ1v) is 4.76. The summed E-state index contributed by atoms with van der Waals surface area (Å²) in [6.45, 7) is 3.20. The standard InChI is InChI=1S/C3H9NO.C2H6O3S/c1-3(4)2-5;1-2-6(3,4)5/h3,5H,2,4H2,1H3;2H2,1H3,(H,3,4,5). The van der Waals surface area contributed by atoms with Gasteiger partial charge in [0, 0.05) is 6.04 Å². The predicted octanol–water partition coefficient (Wildman–Crippen LogP) is -0.780. The molecule has 0 fully saturated rings. The third kappa shape index (κ3) is 25.8. The maximum absolute atomic E-state index is 9.56. The Morgan fingerprint density at radius 3 is 1.73 bits per heavy atom. The van der Waals surface area contributed by atoms with Crippen LogP contribution in [0, 0.1) is 0 Å². The molecule has 0 saturated heterocycles. The summed E-state index contributed by atoms with van der Waals surface area (Å²) in [5.41, 5.74) is 5.04. The summed E-state index contributed by atoms with van der Waals surface area (Å²) in [7, 11) is -3.66. The minimum absolute atomic E-state index is 0.0602. The Bertz CT molecular complexity index is 163. The molecule has 70 valence electrons. The second-order valence-corrected chi connectivity index (χ2v) is 3.77. The molecular formula is C5H15NO4S. The summed E-state index contributed by atoms with van der Waals surface area (Å²) in [6, 6.07) is -0.0602. The van der Waals surface area contributed by atoms with Crippen LogP contribution >= 0.6 is 0 Å². The molecule has 4 N–H and O–H groups in total. The first kappa shape index (κ1) is 13.4. The van der Waals surface area contributed by atoms with E-state index in [1.165, 1.54) is 6.92 Å². The molecular weight excluding hydrogens is 170 g/mol. The van der Waals surface area contributed by atoms with Crippen molar-refractivity contribution in [3.8, 4) is 0 Å². The Morgan fingerprint density at radius 2 is 1.73 bits per heavy atom. The van der Waals surface area contributed by atoms with Crippen molar-refractivity contribution in [3.63, 3.8) is 0 Å². The third-order valence-electron chi connectivity index (χ3n) is 0.653. The third-order valence-corrected chi connectivity index (χ3v) is 1.38. The van der Waals surface area contributed by atoms with Crippen LogP contribution in [0.15, 0.2) is 0 Å². The number of rotatable bonds is 2. The predicted molar refractivity (Wildman–Crippen MR) is 42.8 cm³/mol. The molecule has 0 aromatic heterocycles. The average molecular weight is 185 g/mol. The van der Waals surface area contributed by atoms with Gasteiger partial charge in [-0.2, -0.15) is 8.42 Å². The maximum Gasteiger partial charge on any atom is 0.264 e. The first-order valence-electron chi connectivity index (χ1n) is 3.15. The second kappa shape index (κ2) is 6.53. The number of aliphatic hydroxyl groups excluding tert-OH is 1. The fourth-order valence-corrected chi connectivity index (χ4v) is 0. The van der Waals surface area contributed by atoms with Gasteiger partial charge in [0.1, 0.15) is 0 Å². The second-order valence-electron chi connectivity index (χ2n) is 2.03. The fraction of sp³-hybridized carbons (Fsp3) is 1.00. The van der Waals surface area contributed by atoms with Gasteiger partial charge in [0.15, 0.2) is 0 Å². The number of nitrogens with two attached hydrogens (primary N) is 1. The normalized spacial score (nSPS) is 13.2. The quantitative estimate of drug-likeness (QED) is 0.490. The van der Waals surface area contributed by atoms with Crippen LogP contribution in [-0.4, -0.2) is 36.5 Å². The van der Waals surface area contributed by atoms with Crippen molar-refractivity contribution >= 4 is 10.1 Å². The van der Waals surface area contributed by atoms with E-state index in [0.717, 1.165) is 0 Å². The van der Waals surface area contributed by atoms with Crippen molar-refractivity contribution < 1.29 is 18.1 Å². The van der Waals surface area contributed by atoms with Crippen LogP contribution in [0.2, 0.25) is 0 Å². The zero-order valence-corrected chi connectivity index (χ0v) is 7.50. The van der Waals surface area contributed by atoms with E-state index in [1.54, 1.807) is 6.92 Å². The molecule has 1 unspecified atom stereocenters. The van der Waals surface area contributed by atoms with Crippen LogP contribution in [0.1, 0.15) is 13.8 Å². The van der Waals surface area contributed by atoms with E-state index >= 15 is 0 Å². The zero-order valence-electron chi connectivity index (χ0n) is 6.69. The van der Waals surface area contributed by atoms with E-state index in [0.29, 0.717) is 0 Å². The molecule has 0 aromatic rings. The monoisotopic (exact) mass is 185 g/mol. The summed E-state index contributed by atoms with van der Waals surface area (Å²) in [5.74, 6) is -0.201. The largest absolute Gasteiger partial charge is 0.395 e. The molecule has 0 aliphatic carbocycles. The van der Waals surface area contributed by atoms with Gasteiger partial charge in [0.2, 0.25) is 0 Å². The molecule has 0 bridgehead atoms. The van der Waals surface area contributed by atoms with Gasteiger partial charge in [-0.05, 0) is 13.8 Å². The Hall–Kier alpha value is -0.170. The lowest BCUT2D eigenvalue weighted by atomic mass is 10.4. The van der Waals surface area contributed by atoms with E-state index < -0.39 is 10.1 Å². The van der Waals surface area contributed by atoms with Gasteiger partial charge in [-0.3, -0.25) is 4.55 Å². The minimum Gasteiger partial charge on any atom is -0.395 e. The highest BCUT2D eigenvalue weighted by Crippen LogP contribution is 1.74. The summed E-state index contributed by atoms with van der Waals surface area (Å²) in [5, 5.41) is 8.02. The van der Waals surface area contributed by atoms with Crippen molar-refractivity contribution in [3.05, 3.63) is 0 Å². The lowest BCUT2D eigenvalue weighted by Crippen LogP contribution is -2.18. The summed E-state index contributed by atoms with van der Waals surface area (Å²) >= 11 is 0. The summed E-state index contributed by atoms with van der Waals surface area (Å²) in [6.07, 6.45) is 0. The molecule has 1 atom stereocenters. The molecule has 0 aromatic carbocycles. The van der Waals surface area contributed by atoms with Gasteiger partial charge in [-0.1, -0.05) is 0 Å². The van der Waals surface area contributed by atoms with E-state index in [9.17, 15) is 8.42 Å². The highest BCUT2D eigenvalue weighted by Gasteiger charge is 1.93. The van der Waals surface area contributed by atoms with Gasteiger partial charge >= 0.3 is 0 Å². The van der Waals surface area contributed by atoms with E-state index in [2.05, 4.69) is 0 Å².